The number of alkyl halides is 1. The molecular formula is C66H53IN2O. The average Bonchev–Trinajstić information content (AvgIpc) is 3.71. The van der Waals surface area contributed by atoms with Crippen molar-refractivity contribution in [3.05, 3.63) is 257 Å². The third-order valence-electron chi connectivity index (χ3n) is 14.1. The second-order valence-corrected chi connectivity index (χ2v) is 19.1. The summed E-state index contributed by atoms with van der Waals surface area (Å²) in [5, 5.41) is 2.24. The standard InChI is InChI=1S/C66H53IN2O/c1-4-54(46-22-10-6-11-23-46)58-35-33-48(39-60(58)55-27-16-14-19-43(55)2)49-34-36-63-61(40-49)65-57(29-18-30-64(65)70-63)52-32-31-51-38-53(37-50-26-15-17-28-56(50)59(51)41-52)62(42-67)69-66(47-24-12-7-13-25-47)68-44(3)45-20-8-5-9-21-45/h5-37,39-41,44,54H,4,38,42H2,1-3H3/b68-66-,69-62+/t44-,54?/m0/s1. The molecule has 0 spiro atoms. The molecule has 0 radical (unpaired) electrons. The van der Waals surface area contributed by atoms with Crippen molar-refractivity contribution in [3.63, 3.8) is 0 Å². The molecule has 10 aromatic rings. The van der Waals surface area contributed by atoms with E-state index < -0.39 is 0 Å². The van der Waals surface area contributed by atoms with Crippen molar-refractivity contribution in [3.8, 4) is 44.5 Å². The number of halogens is 1. The molecule has 70 heavy (non-hydrogen) atoms. The fourth-order valence-electron chi connectivity index (χ4n) is 10.4. The maximum atomic E-state index is 6.65. The van der Waals surface area contributed by atoms with Gasteiger partial charge in [0.2, 0.25) is 0 Å². The first kappa shape index (κ1) is 45.1. The van der Waals surface area contributed by atoms with Crippen molar-refractivity contribution >= 4 is 62.2 Å². The van der Waals surface area contributed by atoms with Gasteiger partial charge in [0.1, 0.15) is 11.2 Å². The number of hydrogen-bond donors (Lipinski definition) is 0. The molecule has 0 aliphatic heterocycles. The molecule has 0 fully saturated rings. The van der Waals surface area contributed by atoms with E-state index in [-0.39, 0.29) is 12.0 Å². The number of aryl methyl sites for hydroxylation is 1. The molecule has 4 heteroatoms. The molecule has 3 nitrogen and oxygen atoms in total. The van der Waals surface area contributed by atoms with E-state index in [1.807, 2.05) is 12.1 Å². The quantitative estimate of drug-likeness (QED) is 0.0551. The number of rotatable bonds is 11. The molecule has 0 bridgehead atoms. The molecule has 0 amide bonds. The lowest BCUT2D eigenvalue weighted by Gasteiger charge is -2.22. The van der Waals surface area contributed by atoms with Crippen LogP contribution >= 0.6 is 22.6 Å². The average molecular weight is 1020 g/mol. The lowest BCUT2D eigenvalue weighted by atomic mass is 9.82. The van der Waals surface area contributed by atoms with Gasteiger partial charge in [-0.3, -0.25) is 4.99 Å². The lowest BCUT2D eigenvalue weighted by Crippen LogP contribution is -2.12. The van der Waals surface area contributed by atoms with E-state index in [4.69, 9.17) is 14.4 Å². The topological polar surface area (TPSA) is 37.9 Å². The first-order valence-electron chi connectivity index (χ1n) is 24.4. The normalized spacial score (nSPS) is 13.6. The fraction of sp³-hybridized carbons (Fsp3) is 0.121. The molecule has 2 atom stereocenters. The number of nitrogens with zero attached hydrogens (tertiary/aromatic N) is 2. The minimum atomic E-state index is -0.0517. The lowest BCUT2D eigenvalue weighted by molar-refractivity contribution is 0.669. The summed E-state index contributed by atoms with van der Waals surface area (Å²) in [4.78, 5) is 10.7. The number of benzene rings is 9. The second kappa shape index (κ2) is 19.9. The Kier molecular flexibility index (Phi) is 12.8. The highest BCUT2D eigenvalue weighted by Gasteiger charge is 2.23. The Morgan fingerprint density at radius 3 is 1.97 bits per heavy atom. The highest BCUT2D eigenvalue weighted by Crippen LogP contribution is 2.44. The van der Waals surface area contributed by atoms with Crippen LogP contribution in [0, 0.1) is 6.92 Å². The van der Waals surface area contributed by atoms with Gasteiger partial charge in [-0.15, -0.1) is 0 Å². The van der Waals surface area contributed by atoms with Crippen LogP contribution in [0.5, 0.6) is 0 Å². The second-order valence-electron chi connectivity index (χ2n) is 18.4. The molecule has 11 rings (SSSR count). The molecule has 1 unspecified atom stereocenters. The molecule has 0 N–H and O–H groups in total. The van der Waals surface area contributed by atoms with Crippen LogP contribution in [0.25, 0.3) is 72.5 Å². The Hall–Kier alpha value is -7.41. The summed E-state index contributed by atoms with van der Waals surface area (Å²) >= 11 is 2.47. The Bertz CT molecular complexity index is 3620. The van der Waals surface area contributed by atoms with Gasteiger partial charge < -0.3 is 4.42 Å². The first-order valence-corrected chi connectivity index (χ1v) is 25.9. The van der Waals surface area contributed by atoms with Crippen LogP contribution in [-0.4, -0.2) is 16.0 Å². The van der Waals surface area contributed by atoms with E-state index in [0.29, 0.717) is 0 Å². The van der Waals surface area contributed by atoms with E-state index >= 15 is 0 Å². The predicted molar refractivity (Wildman–Crippen MR) is 305 cm³/mol. The molecule has 340 valence electrons. The van der Waals surface area contributed by atoms with Crippen molar-refractivity contribution in [2.45, 2.75) is 45.6 Å². The summed E-state index contributed by atoms with van der Waals surface area (Å²) in [5.41, 5.74) is 22.3. The highest BCUT2D eigenvalue weighted by atomic mass is 127. The van der Waals surface area contributed by atoms with E-state index in [1.165, 1.54) is 61.2 Å². The molecule has 1 aliphatic carbocycles. The molecular weight excluding hydrogens is 964 g/mol. The van der Waals surface area contributed by atoms with Crippen molar-refractivity contribution in [2.75, 3.05) is 4.43 Å². The smallest absolute Gasteiger partial charge is 0.155 e. The monoisotopic (exact) mass is 1020 g/mol. The van der Waals surface area contributed by atoms with Gasteiger partial charge in [-0.1, -0.05) is 212 Å². The van der Waals surface area contributed by atoms with Crippen LogP contribution in [0.3, 0.4) is 0 Å². The van der Waals surface area contributed by atoms with Gasteiger partial charge in [-0.25, -0.2) is 4.99 Å². The number of allylic oxidation sites excluding steroid dienone is 1. The molecule has 1 aliphatic rings. The van der Waals surface area contributed by atoms with Gasteiger partial charge in [0.25, 0.3) is 0 Å². The highest BCUT2D eigenvalue weighted by molar-refractivity contribution is 14.1. The van der Waals surface area contributed by atoms with E-state index in [0.717, 1.165) is 78.6 Å². The van der Waals surface area contributed by atoms with Gasteiger partial charge in [0, 0.05) is 26.7 Å². The van der Waals surface area contributed by atoms with Crippen molar-refractivity contribution < 1.29 is 4.42 Å². The van der Waals surface area contributed by atoms with Crippen molar-refractivity contribution in [2.24, 2.45) is 9.98 Å². The molecule has 1 aromatic heterocycles. The summed E-state index contributed by atoms with van der Waals surface area (Å²) in [5.74, 6) is 1.03. The van der Waals surface area contributed by atoms with Crippen LogP contribution in [-0.2, 0) is 6.42 Å². The summed E-state index contributed by atoms with van der Waals surface area (Å²) in [6.07, 6.45) is 4.11. The first-order chi connectivity index (χ1) is 34.4. The Morgan fingerprint density at radius 1 is 0.571 bits per heavy atom. The van der Waals surface area contributed by atoms with Gasteiger partial charge in [0.15, 0.2) is 5.84 Å². The summed E-state index contributed by atoms with van der Waals surface area (Å²) < 4.78 is 7.39. The number of aliphatic imine (C=N–C) groups is 2. The summed E-state index contributed by atoms with van der Waals surface area (Å²) in [6, 6.07) is 76.6. The van der Waals surface area contributed by atoms with Crippen molar-refractivity contribution in [1.82, 2.24) is 0 Å². The summed E-state index contributed by atoms with van der Waals surface area (Å²) in [7, 11) is 0. The molecule has 1 heterocycles. The minimum absolute atomic E-state index is 0.0517. The zero-order valence-electron chi connectivity index (χ0n) is 39.7. The van der Waals surface area contributed by atoms with Crippen LogP contribution < -0.4 is 0 Å². The van der Waals surface area contributed by atoms with E-state index in [1.54, 1.807) is 0 Å². The SMILES string of the molecule is CCC(c1ccccc1)c1ccc(-c2ccc3oc4cccc(-c5ccc6c(c5)-c5ccccc5C=C(/C(CI)=N/C(=N\[C@@H](C)c5ccccc5)c5ccccc5)C6)c4c3c2)cc1-c1ccccc1C. The Labute approximate surface area is 425 Å². The van der Waals surface area contributed by atoms with Gasteiger partial charge in [-0.05, 0) is 147 Å². The Morgan fingerprint density at radius 2 is 1.21 bits per heavy atom. The minimum Gasteiger partial charge on any atom is -0.456 e. The van der Waals surface area contributed by atoms with E-state index in [2.05, 4.69) is 250 Å². The van der Waals surface area contributed by atoms with Gasteiger partial charge in [0.05, 0.1) is 11.8 Å². The number of fused-ring (bicyclic) bond motifs is 6. The fourth-order valence-corrected chi connectivity index (χ4v) is 11.1. The van der Waals surface area contributed by atoms with Crippen LogP contribution in [0.1, 0.15) is 71.2 Å². The largest absolute Gasteiger partial charge is 0.456 e. The molecule has 9 aromatic carbocycles. The third kappa shape index (κ3) is 8.89. The van der Waals surface area contributed by atoms with Crippen LogP contribution in [0.2, 0.25) is 0 Å². The summed E-state index contributed by atoms with van der Waals surface area (Å²) in [6.45, 7) is 6.66. The maximum absolute atomic E-state index is 6.65. The molecule has 0 saturated heterocycles. The number of hydrogen-bond acceptors (Lipinski definition) is 2. The number of amidine groups is 1. The maximum Gasteiger partial charge on any atom is 0.155 e. The Balaban J connectivity index is 0.991. The van der Waals surface area contributed by atoms with Gasteiger partial charge >= 0.3 is 0 Å². The van der Waals surface area contributed by atoms with Crippen LogP contribution in [0.15, 0.2) is 232 Å². The third-order valence-corrected chi connectivity index (χ3v) is 14.8. The number of furan rings is 1. The van der Waals surface area contributed by atoms with Gasteiger partial charge in [-0.2, -0.15) is 0 Å². The zero-order chi connectivity index (χ0) is 47.6. The van der Waals surface area contributed by atoms with Crippen LogP contribution in [0.4, 0.5) is 0 Å². The molecule has 0 saturated carbocycles. The predicted octanol–water partition coefficient (Wildman–Crippen LogP) is 18.1. The zero-order valence-corrected chi connectivity index (χ0v) is 41.9. The van der Waals surface area contributed by atoms with E-state index in [9.17, 15) is 0 Å². The van der Waals surface area contributed by atoms with Crippen molar-refractivity contribution in [1.29, 1.82) is 0 Å².